The Morgan fingerprint density at radius 1 is 1.35 bits per heavy atom. The van der Waals surface area contributed by atoms with Crippen LogP contribution in [0.5, 0.6) is 0 Å². The Morgan fingerprint density at radius 3 is 2.53 bits per heavy atom. The summed E-state index contributed by atoms with van der Waals surface area (Å²) in [6, 6.07) is 0. The zero-order valence-electron chi connectivity index (χ0n) is 11.8. The molecular weight excluding hydrogens is 212 g/mol. The normalized spacial score (nSPS) is 30.5. The molecule has 1 unspecified atom stereocenters. The summed E-state index contributed by atoms with van der Waals surface area (Å²) in [4.78, 5) is 11.8. The van der Waals surface area contributed by atoms with Gasteiger partial charge >= 0.3 is 5.97 Å². The quantitative estimate of drug-likeness (QED) is 0.549. The largest absolute Gasteiger partial charge is 0.459 e. The fraction of sp³-hybridized carbons (Fsp3) is 0.800. The smallest absolute Gasteiger partial charge is 0.333 e. The molecule has 0 aliphatic heterocycles. The lowest BCUT2D eigenvalue weighted by molar-refractivity contribution is -0.151. The molecule has 17 heavy (non-hydrogen) atoms. The van der Waals surface area contributed by atoms with Gasteiger partial charge in [0.2, 0.25) is 0 Å². The standard InChI is InChI=1S/C15H26O2/c1-6-12(5)15(16)17-14-9-11(4)7-8-13(14)10(2)3/h6,10-11,13-14H,7-9H2,1-5H3/b12-6+/t11-,13+,14?/m1/s1. The summed E-state index contributed by atoms with van der Waals surface area (Å²) in [7, 11) is 0. The minimum atomic E-state index is -0.141. The van der Waals surface area contributed by atoms with Crippen LogP contribution in [-0.4, -0.2) is 12.1 Å². The molecule has 0 amide bonds. The third-order valence-electron chi connectivity index (χ3n) is 3.97. The molecule has 1 aliphatic rings. The molecule has 0 bridgehead atoms. The number of carbonyl (C=O) groups is 1. The second-order valence-electron chi connectivity index (χ2n) is 5.74. The minimum absolute atomic E-state index is 0.112. The third-order valence-corrected chi connectivity index (χ3v) is 3.97. The zero-order valence-corrected chi connectivity index (χ0v) is 11.8. The summed E-state index contributed by atoms with van der Waals surface area (Å²) in [6.07, 6.45) is 5.40. The van der Waals surface area contributed by atoms with Gasteiger partial charge in [-0.3, -0.25) is 0 Å². The zero-order chi connectivity index (χ0) is 13.0. The molecule has 0 spiro atoms. The van der Waals surface area contributed by atoms with Gasteiger partial charge in [-0.25, -0.2) is 4.79 Å². The van der Waals surface area contributed by atoms with Crippen LogP contribution in [0.4, 0.5) is 0 Å². The van der Waals surface area contributed by atoms with Crippen molar-refractivity contribution in [3.8, 4) is 0 Å². The van der Waals surface area contributed by atoms with Crippen LogP contribution in [-0.2, 0) is 9.53 Å². The van der Waals surface area contributed by atoms with Crippen LogP contribution in [0.1, 0.15) is 53.9 Å². The minimum Gasteiger partial charge on any atom is -0.459 e. The molecule has 0 aromatic carbocycles. The van der Waals surface area contributed by atoms with Crippen molar-refractivity contribution >= 4 is 5.97 Å². The molecule has 2 heteroatoms. The molecule has 1 rings (SSSR count). The van der Waals surface area contributed by atoms with Crippen LogP contribution >= 0.6 is 0 Å². The van der Waals surface area contributed by atoms with E-state index in [1.54, 1.807) is 0 Å². The summed E-state index contributed by atoms with van der Waals surface area (Å²) in [5, 5.41) is 0. The highest BCUT2D eigenvalue weighted by molar-refractivity contribution is 5.87. The van der Waals surface area contributed by atoms with E-state index >= 15 is 0 Å². The van der Waals surface area contributed by atoms with Gasteiger partial charge in [0.05, 0.1) is 0 Å². The maximum Gasteiger partial charge on any atom is 0.333 e. The van der Waals surface area contributed by atoms with Crippen LogP contribution in [0, 0.1) is 17.8 Å². The first-order valence-corrected chi connectivity index (χ1v) is 6.79. The maximum absolute atomic E-state index is 11.8. The van der Waals surface area contributed by atoms with E-state index in [1.165, 1.54) is 12.8 Å². The molecule has 1 aliphatic carbocycles. The van der Waals surface area contributed by atoms with E-state index in [2.05, 4.69) is 20.8 Å². The Balaban J connectivity index is 2.67. The molecule has 0 radical (unpaired) electrons. The van der Waals surface area contributed by atoms with Gasteiger partial charge in [-0.1, -0.05) is 33.3 Å². The average Bonchev–Trinajstić information content (AvgIpc) is 2.27. The van der Waals surface area contributed by atoms with Crippen LogP contribution in [0.2, 0.25) is 0 Å². The Labute approximate surface area is 105 Å². The Morgan fingerprint density at radius 2 is 2.00 bits per heavy atom. The van der Waals surface area contributed by atoms with Gasteiger partial charge in [0, 0.05) is 5.57 Å². The van der Waals surface area contributed by atoms with E-state index in [0.717, 1.165) is 6.42 Å². The topological polar surface area (TPSA) is 26.3 Å². The molecule has 0 aromatic heterocycles. The van der Waals surface area contributed by atoms with Crippen LogP contribution < -0.4 is 0 Å². The van der Waals surface area contributed by atoms with Gasteiger partial charge in [-0.2, -0.15) is 0 Å². The van der Waals surface area contributed by atoms with Crippen LogP contribution in [0.15, 0.2) is 11.6 Å². The van der Waals surface area contributed by atoms with Crippen molar-refractivity contribution in [3.63, 3.8) is 0 Å². The molecule has 0 N–H and O–H groups in total. The molecule has 0 heterocycles. The number of esters is 1. The van der Waals surface area contributed by atoms with E-state index in [-0.39, 0.29) is 12.1 Å². The fourth-order valence-electron chi connectivity index (χ4n) is 2.60. The molecule has 98 valence electrons. The van der Waals surface area contributed by atoms with E-state index in [1.807, 2.05) is 19.9 Å². The van der Waals surface area contributed by atoms with E-state index in [0.29, 0.717) is 23.3 Å². The number of rotatable bonds is 3. The maximum atomic E-state index is 11.8. The Bertz CT molecular complexity index is 291. The average molecular weight is 238 g/mol. The van der Waals surface area contributed by atoms with Crippen LogP contribution in [0.25, 0.3) is 0 Å². The van der Waals surface area contributed by atoms with Gasteiger partial charge < -0.3 is 4.74 Å². The van der Waals surface area contributed by atoms with E-state index in [4.69, 9.17) is 4.74 Å². The van der Waals surface area contributed by atoms with Gasteiger partial charge in [0.15, 0.2) is 0 Å². The van der Waals surface area contributed by atoms with Crippen molar-refractivity contribution < 1.29 is 9.53 Å². The Hall–Kier alpha value is -0.790. The number of ether oxygens (including phenoxy) is 1. The molecule has 1 fully saturated rings. The van der Waals surface area contributed by atoms with Crippen molar-refractivity contribution in [2.75, 3.05) is 0 Å². The summed E-state index contributed by atoms with van der Waals surface area (Å²) < 4.78 is 5.68. The van der Waals surface area contributed by atoms with E-state index < -0.39 is 0 Å². The molecule has 0 saturated heterocycles. The van der Waals surface area contributed by atoms with E-state index in [9.17, 15) is 4.79 Å². The number of carbonyl (C=O) groups excluding carboxylic acids is 1. The number of hydrogen-bond acceptors (Lipinski definition) is 2. The summed E-state index contributed by atoms with van der Waals surface area (Å²) in [5.74, 6) is 1.65. The molecule has 2 nitrogen and oxygen atoms in total. The van der Waals surface area contributed by atoms with Crippen molar-refractivity contribution in [1.29, 1.82) is 0 Å². The lowest BCUT2D eigenvalue weighted by Gasteiger charge is -2.36. The molecular formula is C15H26O2. The molecule has 3 atom stereocenters. The van der Waals surface area contributed by atoms with Crippen molar-refractivity contribution in [3.05, 3.63) is 11.6 Å². The highest BCUT2D eigenvalue weighted by Gasteiger charge is 2.33. The SMILES string of the molecule is C/C=C(\C)C(=O)OC1C[C@H](C)CC[C@H]1C(C)C. The lowest BCUT2D eigenvalue weighted by Crippen LogP contribution is -2.36. The number of hydrogen-bond donors (Lipinski definition) is 0. The van der Waals surface area contributed by atoms with Gasteiger partial charge in [-0.15, -0.1) is 0 Å². The predicted molar refractivity (Wildman–Crippen MR) is 70.7 cm³/mol. The summed E-state index contributed by atoms with van der Waals surface area (Å²) in [6.45, 7) is 10.4. The second kappa shape index (κ2) is 6.23. The highest BCUT2D eigenvalue weighted by atomic mass is 16.5. The Kier molecular flexibility index (Phi) is 5.23. The third kappa shape index (κ3) is 3.86. The monoisotopic (exact) mass is 238 g/mol. The van der Waals surface area contributed by atoms with Crippen molar-refractivity contribution in [2.24, 2.45) is 17.8 Å². The first-order chi connectivity index (χ1) is 7.95. The number of allylic oxidation sites excluding steroid dienone is 1. The van der Waals surface area contributed by atoms with Crippen LogP contribution in [0.3, 0.4) is 0 Å². The van der Waals surface area contributed by atoms with Gasteiger partial charge in [0.1, 0.15) is 6.10 Å². The fourth-order valence-corrected chi connectivity index (χ4v) is 2.60. The predicted octanol–water partition coefficient (Wildman–Crippen LogP) is 3.96. The lowest BCUT2D eigenvalue weighted by atomic mass is 9.75. The second-order valence-corrected chi connectivity index (χ2v) is 5.74. The van der Waals surface area contributed by atoms with Crippen molar-refractivity contribution in [1.82, 2.24) is 0 Å². The van der Waals surface area contributed by atoms with Gasteiger partial charge in [0.25, 0.3) is 0 Å². The summed E-state index contributed by atoms with van der Waals surface area (Å²) >= 11 is 0. The first kappa shape index (κ1) is 14.3. The molecule has 1 saturated carbocycles. The van der Waals surface area contributed by atoms with Crippen molar-refractivity contribution in [2.45, 2.75) is 60.0 Å². The molecule has 0 aromatic rings. The highest BCUT2D eigenvalue weighted by Crippen LogP contribution is 2.35. The first-order valence-electron chi connectivity index (χ1n) is 6.79. The van der Waals surface area contributed by atoms with Gasteiger partial charge in [-0.05, 0) is 44.4 Å². The summed E-state index contributed by atoms with van der Waals surface area (Å²) in [5.41, 5.74) is 0.714.